The molecule has 7 heteroatoms. The summed E-state index contributed by atoms with van der Waals surface area (Å²) in [6.07, 6.45) is 0. The zero-order chi connectivity index (χ0) is 4.50. The van der Waals surface area contributed by atoms with Gasteiger partial charge in [-0.3, -0.25) is 0 Å². The molecule has 0 spiro atoms. The molecule has 0 aliphatic rings. The van der Waals surface area contributed by atoms with Gasteiger partial charge >= 0.3 is 45.7 Å². The third-order valence-electron chi connectivity index (χ3n) is 0. The van der Waals surface area contributed by atoms with Gasteiger partial charge in [0.2, 0.25) is 0 Å². The Bertz CT molecular complexity index is 27.2. The Kier molecular flexibility index (Phi) is 12.9. The van der Waals surface area contributed by atoms with Gasteiger partial charge in [0.05, 0.1) is 0 Å². The maximum Gasteiger partial charge on any atom is 4.00 e. The quantitative estimate of drug-likeness (QED) is 0.401. The largest absolute Gasteiger partial charge is 4.00 e. The van der Waals surface area contributed by atoms with Crippen LogP contribution >= 0.6 is 0 Å². The Morgan fingerprint density at radius 1 is 0.857 bits per heavy atom. The first kappa shape index (κ1) is 15.8. The Morgan fingerprint density at radius 3 is 0.857 bits per heavy atom. The van der Waals surface area contributed by atoms with Gasteiger partial charge in [-0.05, 0) is 0 Å². The predicted molar refractivity (Wildman–Crippen MR) is 5.75 cm³/mol. The molecule has 0 aromatic heterocycles. The summed E-state index contributed by atoms with van der Waals surface area (Å²) in [5, 5.41) is 0. The smallest absolute Gasteiger partial charge is 0.894 e. The van der Waals surface area contributed by atoms with Crippen LogP contribution in [0, 0.1) is 0 Å². The molecule has 0 bridgehead atoms. The average Bonchev–Trinajstić information content (AvgIpc) is 0.722. The second-order valence-electron chi connectivity index (χ2n) is 0.500. The van der Waals surface area contributed by atoms with Crippen LogP contribution in [-0.2, 0) is 45.7 Å². The molecular formula is O4SiZnZr+2. The standard InChI is InChI=1S/O4Si.Zn.Zr/c1-5(2,3)4;;/q-4;+2;+4. The van der Waals surface area contributed by atoms with Crippen molar-refractivity contribution in [1.82, 2.24) is 0 Å². The van der Waals surface area contributed by atoms with Crippen LogP contribution in [0.15, 0.2) is 0 Å². The van der Waals surface area contributed by atoms with Gasteiger partial charge in [-0.1, -0.05) is 0 Å². The van der Waals surface area contributed by atoms with Gasteiger partial charge in [0, 0.05) is 0 Å². The molecule has 0 N–H and O–H groups in total. The van der Waals surface area contributed by atoms with Crippen LogP contribution in [0.4, 0.5) is 0 Å². The van der Waals surface area contributed by atoms with Crippen molar-refractivity contribution in [3.05, 3.63) is 0 Å². The summed E-state index contributed by atoms with van der Waals surface area (Å²) in [7, 11) is -5.61. The molecular weight excluding hydrogens is 249 g/mol. The molecule has 0 radical (unpaired) electrons. The molecule has 0 aliphatic heterocycles. The summed E-state index contributed by atoms with van der Waals surface area (Å²) in [6, 6.07) is 0. The van der Waals surface area contributed by atoms with E-state index < -0.39 is 9.05 Å². The van der Waals surface area contributed by atoms with Gasteiger partial charge in [-0.25, -0.2) is 0 Å². The van der Waals surface area contributed by atoms with Crippen LogP contribution in [0.3, 0.4) is 0 Å². The molecule has 0 aliphatic carbocycles. The van der Waals surface area contributed by atoms with Gasteiger partial charge in [0.1, 0.15) is 0 Å². The van der Waals surface area contributed by atoms with Crippen LogP contribution in [-0.4, -0.2) is 9.05 Å². The van der Waals surface area contributed by atoms with Crippen LogP contribution in [0.2, 0.25) is 0 Å². The monoisotopic (exact) mass is 246 g/mol. The molecule has 0 aromatic rings. The molecule has 7 heavy (non-hydrogen) atoms. The van der Waals surface area contributed by atoms with E-state index in [0.717, 1.165) is 0 Å². The van der Waals surface area contributed by atoms with Crippen molar-refractivity contribution >= 4 is 9.05 Å². The number of hydrogen-bond donors (Lipinski definition) is 0. The Labute approximate surface area is 73.6 Å². The molecule has 0 atom stereocenters. The van der Waals surface area contributed by atoms with Gasteiger partial charge in [0.25, 0.3) is 0 Å². The molecule has 32 valence electrons. The van der Waals surface area contributed by atoms with Crippen LogP contribution in [0.1, 0.15) is 0 Å². The minimum Gasteiger partial charge on any atom is -0.894 e. The third-order valence-corrected chi connectivity index (χ3v) is 0. The van der Waals surface area contributed by atoms with Crippen molar-refractivity contribution in [3.63, 3.8) is 0 Å². The fraction of sp³-hybridized carbons (Fsp3) is 0. The molecule has 0 rings (SSSR count). The van der Waals surface area contributed by atoms with E-state index in [4.69, 9.17) is 19.2 Å². The van der Waals surface area contributed by atoms with Crippen molar-refractivity contribution in [3.8, 4) is 0 Å². The van der Waals surface area contributed by atoms with E-state index in [1.165, 1.54) is 0 Å². The van der Waals surface area contributed by atoms with Gasteiger partial charge in [-0.2, -0.15) is 0 Å². The Balaban J connectivity index is -0.0000000800. The predicted octanol–water partition coefficient (Wildman–Crippen LogP) is -5.14. The first-order valence-corrected chi connectivity index (χ1v) is 2.45. The van der Waals surface area contributed by atoms with E-state index in [0.29, 0.717) is 0 Å². The summed E-state index contributed by atoms with van der Waals surface area (Å²) >= 11 is 0. The molecule has 0 saturated carbocycles. The summed E-state index contributed by atoms with van der Waals surface area (Å²) in [5.41, 5.74) is 0. The van der Waals surface area contributed by atoms with E-state index in [2.05, 4.69) is 0 Å². The molecule has 4 nitrogen and oxygen atoms in total. The zero-order valence-corrected chi connectivity index (χ0v) is 9.77. The summed E-state index contributed by atoms with van der Waals surface area (Å²) < 4.78 is 0. The summed E-state index contributed by atoms with van der Waals surface area (Å²) in [5.74, 6) is 0. The van der Waals surface area contributed by atoms with Crippen molar-refractivity contribution in [2.75, 3.05) is 0 Å². The maximum atomic E-state index is 8.58. The molecule has 0 unspecified atom stereocenters. The van der Waals surface area contributed by atoms with Crippen molar-refractivity contribution in [2.24, 2.45) is 0 Å². The van der Waals surface area contributed by atoms with Crippen LogP contribution in [0.25, 0.3) is 0 Å². The SMILES string of the molecule is [O-][Si]([O-])([O-])[O-].[Zn+2].[Zr+4]. The van der Waals surface area contributed by atoms with E-state index >= 15 is 0 Å². The van der Waals surface area contributed by atoms with Crippen molar-refractivity contribution in [2.45, 2.75) is 0 Å². The second kappa shape index (κ2) is 5.70. The average molecular weight is 249 g/mol. The van der Waals surface area contributed by atoms with Gasteiger partial charge in [-0.15, -0.1) is 0 Å². The molecule has 0 aromatic carbocycles. The topological polar surface area (TPSA) is 92.2 Å². The molecule has 0 heterocycles. The Hall–Kier alpha value is 1.56. The minimum atomic E-state index is -5.61. The second-order valence-corrected chi connectivity index (χ2v) is 1.50. The minimum absolute atomic E-state index is 0. The number of rotatable bonds is 0. The fourth-order valence-electron chi connectivity index (χ4n) is 0. The van der Waals surface area contributed by atoms with E-state index in [-0.39, 0.29) is 45.7 Å². The van der Waals surface area contributed by atoms with Gasteiger partial charge < -0.3 is 28.2 Å². The molecule has 0 fully saturated rings. The first-order valence-electron chi connectivity index (χ1n) is 0.816. The normalized spacial score (nSPS) is 8.57. The summed E-state index contributed by atoms with van der Waals surface area (Å²) in [6.45, 7) is 0. The fourth-order valence-corrected chi connectivity index (χ4v) is 0. The van der Waals surface area contributed by atoms with E-state index in [9.17, 15) is 0 Å². The summed E-state index contributed by atoms with van der Waals surface area (Å²) in [4.78, 5) is 34.3. The molecule has 0 saturated heterocycles. The van der Waals surface area contributed by atoms with Crippen molar-refractivity contribution in [1.29, 1.82) is 0 Å². The van der Waals surface area contributed by atoms with E-state index in [1.54, 1.807) is 0 Å². The van der Waals surface area contributed by atoms with Gasteiger partial charge in [0.15, 0.2) is 0 Å². The molecule has 0 amide bonds. The van der Waals surface area contributed by atoms with E-state index in [1.807, 2.05) is 0 Å². The first-order chi connectivity index (χ1) is 2.00. The zero-order valence-electron chi connectivity index (χ0n) is 3.34. The number of hydrogen-bond acceptors (Lipinski definition) is 4. The van der Waals surface area contributed by atoms with Crippen LogP contribution < -0.4 is 19.2 Å². The van der Waals surface area contributed by atoms with Crippen LogP contribution in [0.5, 0.6) is 0 Å². The Morgan fingerprint density at radius 2 is 0.857 bits per heavy atom. The van der Waals surface area contributed by atoms with Crippen molar-refractivity contribution < 1.29 is 64.9 Å². The third kappa shape index (κ3) is 95.8. The maximum absolute atomic E-state index is 8.58.